The Hall–Kier alpha value is -1.52. The lowest BCUT2D eigenvalue weighted by atomic mass is 10.1. The summed E-state index contributed by atoms with van der Waals surface area (Å²) in [6.45, 7) is 4.42. The fraction of sp³-hybridized carbons (Fsp3) is 0.636. The Labute approximate surface area is 95.4 Å². The van der Waals surface area contributed by atoms with Crippen LogP contribution in [0.1, 0.15) is 26.7 Å². The van der Waals surface area contributed by atoms with E-state index >= 15 is 0 Å². The molecule has 0 bridgehead atoms. The smallest absolute Gasteiger partial charge is 0.255 e. The summed E-state index contributed by atoms with van der Waals surface area (Å²) >= 11 is 0. The van der Waals surface area contributed by atoms with Gasteiger partial charge >= 0.3 is 0 Å². The van der Waals surface area contributed by atoms with Gasteiger partial charge in [-0.3, -0.25) is 14.9 Å². The summed E-state index contributed by atoms with van der Waals surface area (Å²) < 4.78 is 5.27. The predicted molar refractivity (Wildman–Crippen MR) is 59.3 cm³/mol. The summed E-state index contributed by atoms with van der Waals surface area (Å²) in [6.07, 6.45) is 1.98. The van der Waals surface area contributed by atoms with Crippen LogP contribution >= 0.6 is 0 Å². The van der Waals surface area contributed by atoms with Gasteiger partial charge in [0.15, 0.2) is 0 Å². The van der Waals surface area contributed by atoms with E-state index in [0.29, 0.717) is 30.9 Å². The highest BCUT2D eigenvalue weighted by Crippen LogP contribution is 2.19. The molecule has 0 saturated carbocycles. The number of ether oxygens (including phenoxy) is 1. The SMILES string of the molecule is CC(C)N(C)C(=O)C1=C(NC=O)OCCC1. The van der Waals surface area contributed by atoms with Crippen LogP contribution in [0.15, 0.2) is 11.5 Å². The average Bonchev–Trinajstić information content (AvgIpc) is 2.28. The van der Waals surface area contributed by atoms with E-state index < -0.39 is 0 Å². The second-order valence-electron chi connectivity index (χ2n) is 4.03. The van der Waals surface area contributed by atoms with Crippen molar-refractivity contribution in [2.75, 3.05) is 13.7 Å². The summed E-state index contributed by atoms with van der Waals surface area (Å²) in [5.41, 5.74) is 0.551. The van der Waals surface area contributed by atoms with E-state index in [1.54, 1.807) is 11.9 Å². The van der Waals surface area contributed by atoms with Gasteiger partial charge in [-0.15, -0.1) is 0 Å². The van der Waals surface area contributed by atoms with Gasteiger partial charge in [-0.1, -0.05) is 0 Å². The molecule has 0 aromatic heterocycles. The van der Waals surface area contributed by atoms with Gasteiger partial charge in [0.05, 0.1) is 12.2 Å². The zero-order valence-corrected chi connectivity index (χ0v) is 9.95. The van der Waals surface area contributed by atoms with Crippen LogP contribution < -0.4 is 5.32 Å². The van der Waals surface area contributed by atoms with Crippen molar-refractivity contribution in [3.8, 4) is 0 Å². The van der Waals surface area contributed by atoms with Crippen molar-refractivity contribution in [1.29, 1.82) is 0 Å². The van der Waals surface area contributed by atoms with Gasteiger partial charge in [-0.2, -0.15) is 0 Å². The number of carbonyl (C=O) groups is 2. The van der Waals surface area contributed by atoms with Gasteiger partial charge in [0.1, 0.15) is 0 Å². The highest BCUT2D eigenvalue weighted by atomic mass is 16.5. The maximum absolute atomic E-state index is 12.1. The van der Waals surface area contributed by atoms with Gasteiger partial charge in [-0.25, -0.2) is 0 Å². The Morgan fingerprint density at radius 3 is 2.81 bits per heavy atom. The molecule has 0 fully saturated rings. The zero-order chi connectivity index (χ0) is 12.1. The van der Waals surface area contributed by atoms with Crippen LogP contribution in [0.5, 0.6) is 0 Å². The van der Waals surface area contributed by atoms with Crippen molar-refractivity contribution >= 4 is 12.3 Å². The molecule has 0 saturated heterocycles. The fourth-order valence-electron chi connectivity index (χ4n) is 1.46. The molecule has 1 aliphatic heterocycles. The van der Waals surface area contributed by atoms with Crippen LogP contribution in [-0.2, 0) is 14.3 Å². The molecular weight excluding hydrogens is 208 g/mol. The predicted octanol–water partition coefficient (Wildman–Crippen LogP) is 0.621. The largest absolute Gasteiger partial charge is 0.479 e. The van der Waals surface area contributed by atoms with E-state index in [1.807, 2.05) is 13.8 Å². The first kappa shape index (κ1) is 12.5. The molecule has 0 radical (unpaired) electrons. The third-order valence-corrected chi connectivity index (χ3v) is 2.63. The van der Waals surface area contributed by atoms with Crippen LogP contribution in [0, 0.1) is 0 Å². The second-order valence-corrected chi connectivity index (χ2v) is 4.03. The highest BCUT2D eigenvalue weighted by molar-refractivity contribution is 5.94. The van der Waals surface area contributed by atoms with Crippen molar-refractivity contribution in [1.82, 2.24) is 10.2 Å². The second kappa shape index (κ2) is 5.53. The zero-order valence-electron chi connectivity index (χ0n) is 9.95. The molecule has 5 nitrogen and oxygen atoms in total. The number of rotatable bonds is 4. The lowest BCUT2D eigenvalue weighted by Gasteiger charge is -2.26. The minimum absolute atomic E-state index is 0.0842. The fourth-order valence-corrected chi connectivity index (χ4v) is 1.46. The van der Waals surface area contributed by atoms with Crippen molar-refractivity contribution in [3.63, 3.8) is 0 Å². The Balaban J connectivity index is 2.88. The van der Waals surface area contributed by atoms with Gasteiger partial charge in [0.25, 0.3) is 5.91 Å². The Bertz CT molecular complexity index is 310. The quantitative estimate of drug-likeness (QED) is 0.715. The minimum atomic E-state index is -0.0842. The third kappa shape index (κ3) is 2.74. The van der Waals surface area contributed by atoms with Crippen LogP contribution in [0.3, 0.4) is 0 Å². The van der Waals surface area contributed by atoms with Crippen molar-refractivity contribution in [3.05, 3.63) is 11.5 Å². The van der Waals surface area contributed by atoms with E-state index in [4.69, 9.17) is 4.74 Å². The molecular formula is C11H18N2O3. The van der Waals surface area contributed by atoms with E-state index in [0.717, 1.165) is 6.42 Å². The molecule has 1 aliphatic rings. The number of nitrogens with one attached hydrogen (secondary N) is 1. The highest BCUT2D eigenvalue weighted by Gasteiger charge is 2.24. The molecule has 1 rings (SSSR count). The number of hydrogen-bond acceptors (Lipinski definition) is 3. The number of likely N-dealkylation sites (N-methyl/N-ethyl adjacent to an activating group) is 1. The van der Waals surface area contributed by atoms with E-state index in [9.17, 15) is 9.59 Å². The topological polar surface area (TPSA) is 58.6 Å². The van der Waals surface area contributed by atoms with Crippen molar-refractivity contribution in [2.45, 2.75) is 32.7 Å². The van der Waals surface area contributed by atoms with Crippen LogP contribution in [0.2, 0.25) is 0 Å². The standard InChI is InChI=1S/C11H18N2O3/c1-8(2)13(3)11(15)9-5-4-6-16-10(9)12-7-14/h7-8H,4-6H2,1-3H3,(H,12,14). The van der Waals surface area contributed by atoms with Gasteiger partial charge in [-0.05, 0) is 26.7 Å². The normalized spacial score (nSPS) is 15.8. The summed E-state index contributed by atoms with van der Waals surface area (Å²) in [5.74, 6) is 0.220. The summed E-state index contributed by atoms with van der Waals surface area (Å²) in [6, 6.07) is 0.124. The maximum Gasteiger partial charge on any atom is 0.255 e. The molecule has 0 aromatic carbocycles. The lowest BCUT2D eigenvalue weighted by molar-refractivity contribution is -0.128. The monoisotopic (exact) mass is 226 g/mol. The molecule has 1 heterocycles. The average molecular weight is 226 g/mol. The molecule has 16 heavy (non-hydrogen) atoms. The summed E-state index contributed by atoms with van der Waals surface area (Å²) in [7, 11) is 1.74. The lowest BCUT2D eigenvalue weighted by Crippen LogP contribution is -2.37. The number of nitrogens with zero attached hydrogens (tertiary/aromatic N) is 1. The maximum atomic E-state index is 12.1. The summed E-state index contributed by atoms with van der Waals surface area (Å²) in [5, 5.41) is 2.44. The molecule has 0 aromatic rings. The number of hydrogen-bond donors (Lipinski definition) is 1. The molecule has 90 valence electrons. The first-order valence-corrected chi connectivity index (χ1v) is 5.41. The first-order valence-electron chi connectivity index (χ1n) is 5.41. The summed E-state index contributed by atoms with van der Waals surface area (Å²) in [4.78, 5) is 24.1. The van der Waals surface area contributed by atoms with Crippen LogP contribution in [0.25, 0.3) is 0 Å². The van der Waals surface area contributed by atoms with E-state index in [1.165, 1.54) is 0 Å². The molecule has 0 atom stereocenters. The van der Waals surface area contributed by atoms with Crippen molar-refractivity contribution in [2.24, 2.45) is 0 Å². The van der Waals surface area contributed by atoms with Gasteiger partial charge in [0, 0.05) is 13.1 Å². The Kier molecular flexibility index (Phi) is 4.34. The first-order chi connectivity index (χ1) is 7.57. The molecule has 0 aliphatic carbocycles. The minimum Gasteiger partial charge on any atom is -0.479 e. The molecule has 5 heteroatoms. The van der Waals surface area contributed by atoms with Gasteiger partial charge < -0.3 is 9.64 Å². The van der Waals surface area contributed by atoms with Crippen LogP contribution in [-0.4, -0.2) is 36.9 Å². The van der Waals surface area contributed by atoms with E-state index in [2.05, 4.69) is 5.32 Å². The number of carbonyl (C=O) groups excluding carboxylic acids is 2. The third-order valence-electron chi connectivity index (χ3n) is 2.63. The molecule has 0 spiro atoms. The van der Waals surface area contributed by atoms with Gasteiger partial charge in [0.2, 0.25) is 12.3 Å². The molecule has 0 unspecified atom stereocenters. The Morgan fingerprint density at radius 1 is 1.56 bits per heavy atom. The molecule has 2 amide bonds. The van der Waals surface area contributed by atoms with Crippen molar-refractivity contribution < 1.29 is 14.3 Å². The number of amides is 2. The Morgan fingerprint density at radius 2 is 2.25 bits per heavy atom. The molecule has 1 N–H and O–H groups in total. The van der Waals surface area contributed by atoms with Crippen LogP contribution in [0.4, 0.5) is 0 Å². The van der Waals surface area contributed by atoms with E-state index in [-0.39, 0.29) is 11.9 Å².